The standard InChI is InChI=1S/C20H24N4O3/c1-14(2)26-20(21-13-22-27-20)17-10-16-12-24(9-8-18(16)23-19(17)25)11-15-6-4-3-5-7-15/h3-7,10,13-14H,8-9,11-12H2,1-2H3,(H,21,22)(H,23,25). The first kappa shape index (κ1) is 17.9. The van der Waals surface area contributed by atoms with Gasteiger partial charge in [0.2, 0.25) is 0 Å². The van der Waals surface area contributed by atoms with Crippen molar-refractivity contribution in [3.05, 3.63) is 69.1 Å². The fourth-order valence-electron chi connectivity index (χ4n) is 3.58. The van der Waals surface area contributed by atoms with Crippen LogP contribution in [0, 0.1) is 0 Å². The van der Waals surface area contributed by atoms with E-state index in [2.05, 4.69) is 44.6 Å². The molecule has 1 atom stereocenters. The lowest BCUT2D eigenvalue weighted by Gasteiger charge is -2.31. The molecule has 0 spiro atoms. The van der Waals surface area contributed by atoms with Gasteiger partial charge in [0, 0.05) is 31.7 Å². The minimum Gasteiger partial charge on any atom is -0.325 e. The van der Waals surface area contributed by atoms with Crippen LogP contribution in [0.25, 0.3) is 0 Å². The highest BCUT2D eigenvalue weighted by atomic mass is 16.8. The average molecular weight is 368 g/mol. The SMILES string of the molecule is CC(C)OC1(c2cc3c([nH]c2=O)CCN(Cc2ccccc2)C3)N=CNO1. The number of hydrogen-bond donors (Lipinski definition) is 2. The molecule has 2 aromatic rings. The number of H-pyrrole nitrogens is 1. The Morgan fingerprint density at radius 3 is 2.85 bits per heavy atom. The van der Waals surface area contributed by atoms with E-state index < -0.39 is 5.91 Å². The molecule has 7 heteroatoms. The lowest BCUT2D eigenvalue weighted by atomic mass is 10.0. The highest BCUT2D eigenvalue weighted by molar-refractivity contribution is 5.55. The maximum absolute atomic E-state index is 12.7. The first-order valence-electron chi connectivity index (χ1n) is 9.22. The normalized spacial score (nSPS) is 22.0. The highest BCUT2D eigenvalue weighted by Crippen LogP contribution is 2.31. The Balaban J connectivity index is 1.63. The fourth-order valence-corrected chi connectivity index (χ4v) is 3.58. The number of ether oxygens (including phenoxy) is 1. The maximum Gasteiger partial charge on any atom is 0.326 e. The molecule has 0 saturated heterocycles. The number of fused-ring (bicyclic) bond motifs is 1. The number of pyridine rings is 1. The molecule has 1 aromatic heterocycles. The van der Waals surface area contributed by atoms with E-state index in [4.69, 9.17) is 9.57 Å². The first-order chi connectivity index (χ1) is 13.1. The van der Waals surface area contributed by atoms with Crippen molar-refractivity contribution in [1.82, 2.24) is 15.4 Å². The molecule has 27 heavy (non-hydrogen) atoms. The third kappa shape index (κ3) is 3.66. The molecule has 7 nitrogen and oxygen atoms in total. The van der Waals surface area contributed by atoms with Crippen LogP contribution in [0.4, 0.5) is 0 Å². The van der Waals surface area contributed by atoms with Gasteiger partial charge in [0.1, 0.15) is 11.9 Å². The van der Waals surface area contributed by atoms with Crippen molar-refractivity contribution in [2.24, 2.45) is 4.99 Å². The van der Waals surface area contributed by atoms with Crippen molar-refractivity contribution in [2.45, 2.75) is 45.4 Å². The Labute approximate surface area is 158 Å². The van der Waals surface area contributed by atoms with Crippen LogP contribution in [0.2, 0.25) is 0 Å². The highest BCUT2D eigenvalue weighted by Gasteiger charge is 2.42. The van der Waals surface area contributed by atoms with E-state index in [0.717, 1.165) is 37.3 Å². The van der Waals surface area contributed by atoms with Crippen LogP contribution in [-0.2, 0) is 35.0 Å². The summed E-state index contributed by atoms with van der Waals surface area (Å²) < 4.78 is 5.86. The van der Waals surface area contributed by atoms with E-state index in [1.165, 1.54) is 11.9 Å². The van der Waals surface area contributed by atoms with Crippen LogP contribution in [0.1, 0.15) is 36.2 Å². The van der Waals surface area contributed by atoms with Gasteiger partial charge in [-0.2, -0.15) is 0 Å². The Morgan fingerprint density at radius 1 is 1.33 bits per heavy atom. The summed E-state index contributed by atoms with van der Waals surface area (Å²) in [5.41, 5.74) is 6.04. The zero-order valence-electron chi connectivity index (χ0n) is 15.6. The summed E-state index contributed by atoms with van der Waals surface area (Å²) in [5.74, 6) is -1.45. The smallest absolute Gasteiger partial charge is 0.325 e. The van der Waals surface area contributed by atoms with Gasteiger partial charge in [0.25, 0.3) is 5.56 Å². The number of aromatic nitrogens is 1. The van der Waals surface area contributed by atoms with Crippen molar-refractivity contribution in [3.8, 4) is 0 Å². The molecular weight excluding hydrogens is 344 g/mol. The van der Waals surface area contributed by atoms with Crippen molar-refractivity contribution in [3.63, 3.8) is 0 Å². The van der Waals surface area contributed by atoms with Crippen LogP contribution in [0.3, 0.4) is 0 Å². The number of aliphatic imine (C=N–C) groups is 1. The number of nitrogens with zero attached hydrogens (tertiary/aromatic N) is 2. The van der Waals surface area contributed by atoms with E-state index in [9.17, 15) is 4.79 Å². The predicted octanol–water partition coefficient (Wildman–Crippen LogP) is 2.03. The third-order valence-electron chi connectivity index (χ3n) is 4.76. The van der Waals surface area contributed by atoms with E-state index >= 15 is 0 Å². The van der Waals surface area contributed by atoms with Crippen LogP contribution in [0.15, 0.2) is 46.2 Å². The molecule has 142 valence electrons. The second-order valence-corrected chi connectivity index (χ2v) is 7.19. The molecule has 0 fully saturated rings. The van der Waals surface area contributed by atoms with Gasteiger partial charge in [-0.15, -0.1) is 0 Å². The zero-order valence-corrected chi connectivity index (χ0v) is 15.6. The number of nitrogens with one attached hydrogen (secondary N) is 2. The number of rotatable bonds is 5. The third-order valence-corrected chi connectivity index (χ3v) is 4.76. The van der Waals surface area contributed by atoms with Gasteiger partial charge in [-0.25, -0.2) is 9.83 Å². The minimum absolute atomic E-state index is 0.160. The van der Waals surface area contributed by atoms with Crippen LogP contribution >= 0.6 is 0 Å². The number of aromatic amines is 1. The van der Waals surface area contributed by atoms with Crippen LogP contribution in [-0.4, -0.2) is 28.9 Å². The van der Waals surface area contributed by atoms with E-state index in [0.29, 0.717) is 5.56 Å². The molecule has 0 saturated carbocycles. The Morgan fingerprint density at radius 2 is 2.15 bits per heavy atom. The second kappa shape index (κ2) is 7.26. The maximum atomic E-state index is 12.7. The van der Waals surface area contributed by atoms with Crippen LogP contribution in [0.5, 0.6) is 0 Å². The van der Waals surface area contributed by atoms with Crippen molar-refractivity contribution >= 4 is 6.34 Å². The first-order valence-corrected chi connectivity index (χ1v) is 9.22. The molecular formula is C20H24N4O3. The van der Waals surface area contributed by atoms with Gasteiger partial charge in [0.15, 0.2) is 0 Å². The number of benzene rings is 1. The summed E-state index contributed by atoms with van der Waals surface area (Å²) in [5, 5.41) is 0. The number of hydroxylamine groups is 1. The van der Waals surface area contributed by atoms with Gasteiger partial charge in [-0.3, -0.25) is 15.2 Å². The van der Waals surface area contributed by atoms with Gasteiger partial charge in [-0.05, 0) is 31.0 Å². The molecule has 0 amide bonds. The fraction of sp³-hybridized carbons (Fsp3) is 0.400. The second-order valence-electron chi connectivity index (χ2n) is 7.19. The monoisotopic (exact) mass is 368 g/mol. The topological polar surface area (TPSA) is 79.0 Å². The quantitative estimate of drug-likeness (QED) is 0.844. The lowest BCUT2D eigenvalue weighted by molar-refractivity contribution is -0.263. The summed E-state index contributed by atoms with van der Waals surface area (Å²) in [6, 6.07) is 12.3. The lowest BCUT2D eigenvalue weighted by Crippen LogP contribution is -2.40. The zero-order chi connectivity index (χ0) is 18.9. The molecule has 1 aromatic carbocycles. The average Bonchev–Trinajstić information content (AvgIpc) is 3.11. The van der Waals surface area contributed by atoms with Crippen molar-refractivity contribution < 1.29 is 9.57 Å². The molecule has 0 bridgehead atoms. The summed E-state index contributed by atoms with van der Waals surface area (Å²) in [4.78, 5) is 27.8. The van der Waals surface area contributed by atoms with E-state index in [1.807, 2.05) is 26.0 Å². The van der Waals surface area contributed by atoms with E-state index in [1.54, 1.807) is 0 Å². The van der Waals surface area contributed by atoms with E-state index in [-0.39, 0.29) is 11.7 Å². The molecule has 2 aliphatic heterocycles. The van der Waals surface area contributed by atoms with Gasteiger partial charge in [-0.1, -0.05) is 30.3 Å². The largest absolute Gasteiger partial charge is 0.326 e. The summed E-state index contributed by atoms with van der Waals surface area (Å²) in [7, 11) is 0. The van der Waals surface area contributed by atoms with Gasteiger partial charge < -0.3 is 9.72 Å². The van der Waals surface area contributed by atoms with Crippen LogP contribution < -0.4 is 11.0 Å². The molecule has 2 N–H and O–H groups in total. The van der Waals surface area contributed by atoms with Gasteiger partial charge >= 0.3 is 5.91 Å². The number of hydrogen-bond acceptors (Lipinski definition) is 6. The minimum atomic E-state index is -1.45. The molecule has 0 radical (unpaired) electrons. The molecule has 2 aliphatic rings. The van der Waals surface area contributed by atoms with Crippen molar-refractivity contribution in [2.75, 3.05) is 6.54 Å². The van der Waals surface area contributed by atoms with Crippen molar-refractivity contribution in [1.29, 1.82) is 0 Å². The summed E-state index contributed by atoms with van der Waals surface area (Å²) >= 11 is 0. The summed E-state index contributed by atoms with van der Waals surface area (Å²) in [6.07, 6.45) is 2.05. The molecule has 3 heterocycles. The Hall–Kier alpha value is -2.48. The molecule has 1 unspecified atom stereocenters. The Bertz CT molecular complexity index is 894. The Kier molecular flexibility index (Phi) is 4.82. The summed E-state index contributed by atoms with van der Waals surface area (Å²) in [6.45, 7) is 6.29. The molecule has 4 rings (SSSR count). The predicted molar refractivity (Wildman–Crippen MR) is 102 cm³/mol. The molecule has 0 aliphatic carbocycles. The van der Waals surface area contributed by atoms with Gasteiger partial charge in [0.05, 0.1) is 6.10 Å².